The molecular weight excluding hydrogens is 320 g/mol. The van der Waals surface area contributed by atoms with Crippen LogP contribution in [0, 0.1) is 0 Å². The first-order chi connectivity index (χ1) is 10.5. The molecule has 0 spiro atoms. The molecule has 5 heteroatoms. The van der Waals surface area contributed by atoms with Crippen molar-refractivity contribution < 1.29 is 19.8 Å². The Balaban J connectivity index is 0.000000403. The summed E-state index contributed by atoms with van der Waals surface area (Å²) in [5.41, 5.74) is 2.25. The fraction of sp³-hybridized carbons (Fsp3) is 0.222. The van der Waals surface area contributed by atoms with Gasteiger partial charge in [-0.3, -0.25) is 0 Å². The summed E-state index contributed by atoms with van der Waals surface area (Å²) in [6.07, 6.45) is 1.45. The van der Waals surface area contributed by atoms with Gasteiger partial charge in [0, 0.05) is 11.1 Å². The quantitative estimate of drug-likeness (QED) is 0.774. The molecule has 0 bridgehead atoms. The number of aromatic carboxylic acids is 2. The Labute approximate surface area is 166 Å². The molecule has 0 aliphatic rings. The van der Waals surface area contributed by atoms with E-state index in [2.05, 4.69) is 0 Å². The van der Waals surface area contributed by atoms with Crippen molar-refractivity contribution in [3.63, 3.8) is 0 Å². The molecule has 23 heavy (non-hydrogen) atoms. The van der Waals surface area contributed by atoms with Crippen molar-refractivity contribution in [3.8, 4) is 0 Å². The van der Waals surface area contributed by atoms with E-state index in [1.807, 2.05) is 26.0 Å². The van der Waals surface area contributed by atoms with Crippen molar-refractivity contribution in [2.45, 2.75) is 26.7 Å². The minimum atomic E-state index is -1.09. The number of hydrogen-bond donors (Lipinski definition) is 0. The minimum absolute atomic E-state index is 0. The molecule has 0 fully saturated rings. The maximum atomic E-state index is 10.5. The van der Waals surface area contributed by atoms with Gasteiger partial charge in [-0.05, 0) is 24.0 Å². The Bertz CT molecular complexity index is 595. The second kappa shape index (κ2) is 11.2. The van der Waals surface area contributed by atoms with Gasteiger partial charge in [0.2, 0.25) is 0 Å². The summed E-state index contributed by atoms with van der Waals surface area (Å²) < 4.78 is 0. The minimum Gasteiger partial charge on any atom is -0.545 e. The van der Waals surface area contributed by atoms with Crippen LogP contribution in [-0.4, -0.2) is 49.7 Å². The Hall–Kier alpha value is -1.36. The molecular formula is C18H18CaO4. The molecule has 116 valence electrons. The van der Waals surface area contributed by atoms with Gasteiger partial charge < -0.3 is 19.8 Å². The molecule has 0 aliphatic carbocycles. The van der Waals surface area contributed by atoms with Crippen molar-refractivity contribution in [1.29, 1.82) is 0 Å². The summed E-state index contributed by atoms with van der Waals surface area (Å²) in [6, 6.07) is 13.8. The van der Waals surface area contributed by atoms with Crippen LogP contribution in [0.5, 0.6) is 0 Å². The van der Waals surface area contributed by atoms with Crippen molar-refractivity contribution in [1.82, 2.24) is 0 Å². The fourth-order valence-corrected chi connectivity index (χ4v) is 2.06. The van der Waals surface area contributed by atoms with Gasteiger partial charge >= 0.3 is 37.7 Å². The number of carboxylic acid groups (broad SMARTS) is 2. The zero-order chi connectivity index (χ0) is 16.5. The average Bonchev–Trinajstić information content (AvgIpc) is 2.55. The topological polar surface area (TPSA) is 80.3 Å². The summed E-state index contributed by atoms with van der Waals surface area (Å²) in [7, 11) is 0. The molecule has 0 N–H and O–H groups in total. The van der Waals surface area contributed by atoms with Crippen LogP contribution in [0.2, 0.25) is 0 Å². The van der Waals surface area contributed by atoms with Crippen molar-refractivity contribution >= 4 is 49.7 Å². The van der Waals surface area contributed by atoms with Gasteiger partial charge in [-0.1, -0.05) is 62.4 Å². The van der Waals surface area contributed by atoms with Crippen molar-refractivity contribution in [2.75, 3.05) is 0 Å². The first-order valence-corrected chi connectivity index (χ1v) is 7.09. The molecule has 0 aromatic heterocycles. The SMILES string of the molecule is CCc1ccccc1C(=O)[O-].CCc1ccccc1C(=O)[O-].[Ca+2]. The van der Waals surface area contributed by atoms with Crippen LogP contribution in [0.15, 0.2) is 48.5 Å². The third-order valence-electron chi connectivity index (χ3n) is 3.24. The normalized spacial score (nSPS) is 9.13. The fourth-order valence-electron chi connectivity index (χ4n) is 2.06. The van der Waals surface area contributed by atoms with E-state index in [0.29, 0.717) is 11.1 Å². The summed E-state index contributed by atoms with van der Waals surface area (Å²) >= 11 is 0. The van der Waals surface area contributed by atoms with Crippen LogP contribution >= 0.6 is 0 Å². The maximum Gasteiger partial charge on any atom is 2.00 e. The Kier molecular flexibility index (Phi) is 10.6. The van der Waals surface area contributed by atoms with Crippen LogP contribution in [0.1, 0.15) is 45.7 Å². The summed E-state index contributed by atoms with van der Waals surface area (Å²) in [6.45, 7) is 3.84. The largest absolute Gasteiger partial charge is 2.00 e. The van der Waals surface area contributed by atoms with Crippen LogP contribution in [0.4, 0.5) is 0 Å². The van der Waals surface area contributed by atoms with Crippen molar-refractivity contribution in [2.24, 2.45) is 0 Å². The van der Waals surface area contributed by atoms with E-state index in [4.69, 9.17) is 0 Å². The van der Waals surface area contributed by atoms with Crippen LogP contribution in [0.3, 0.4) is 0 Å². The number of carbonyl (C=O) groups is 2. The molecule has 0 radical (unpaired) electrons. The number of benzene rings is 2. The zero-order valence-corrected chi connectivity index (χ0v) is 15.6. The second-order valence-corrected chi connectivity index (χ2v) is 4.60. The molecule has 0 amide bonds. The van der Waals surface area contributed by atoms with E-state index in [1.54, 1.807) is 36.4 Å². The van der Waals surface area contributed by atoms with Crippen LogP contribution in [0.25, 0.3) is 0 Å². The zero-order valence-electron chi connectivity index (χ0n) is 13.4. The van der Waals surface area contributed by atoms with E-state index in [0.717, 1.165) is 24.0 Å². The smallest absolute Gasteiger partial charge is 0.545 e. The standard InChI is InChI=1S/2C9H10O2.Ca/c2*1-2-7-5-3-4-6-8(7)9(10)11;/h2*3-6H,2H2,1H3,(H,10,11);/q;;+2/p-2. The average molecular weight is 338 g/mol. The van der Waals surface area contributed by atoms with Crippen LogP contribution < -0.4 is 10.2 Å². The summed E-state index contributed by atoms with van der Waals surface area (Å²) in [4.78, 5) is 20.9. The molecule has 2 aromatic carbocycles. The molecule has 2 rings (SSSR count). The van der Waals surface area contributed by atoms with Gasteiger partial charge in [-0.2, -0.15) is 0 Å². The molecule has 0 aliphatic heterocycles. The Morgan fingerprint density at radius 1 is 0.739 bits per heavy atom. The molecule has 0 unspecified atom stereocenters. The van der Waals surface area contributed by atoms with Gasteiger partial charge in [0.1, 0.15) is 0 Å². The number of carboxylic acids is 2. The molecule has 0 heterocycles. The molecule has 2 aromatic rings. The Morgan fingerprint density at radius 3 is 1.26 bits per heavy atom. The first kappa shape index (κ1) is 21.6. The summed E-state index contributed by atoms with van der Waals surface area (Å²) in [5, 5.41) is 20.9. The van der Waals surface area contributed by atoms with Gasteiger partial charge in [0.05, 0.1) is 11.9 Å². The van der Waals surface area contributed by atoms with E-state index in [9.17, 15) is 19.8 Å². The maximum absolute atomic E-state index is 10.5. The van der Waals surface area contributed by atoms with E-state index in [-0.39, 0.29) is 37.7 Å². The van der Waals surface area contributed by atoms with E-state index in [1.165, 1.54) is 0 Å². The predicted octanol–water partition coefficient (Wildman–Crippen LogP) is 0.844. The number of carbonyl (C=O) groups excluding carboxylic acids is 2. The van der Waals surface area contributed by atoms with E-state index < -0.39 is 11.9 Å². The van der Waals surface area contributed by atoms with Gasteiger partial charge in [-0.15, -0.1) is 0 Å². The van der Waals surface area contributed by atoms with Gasteiger partial charge in [0.15, 0.2) is 0 Å². The van der Waals surface area contributed by atoms with Crippen molar-refractivity contribution in [3.05, 3.63) is 70.8 Å². The number of rotatable bonds is 4. The predicted molar refractivity (Wildman–Crippen MR) is 86.1 cm³/mol. The van der Waals surface area contributed by atoms with Gasteiger partial charge in [0.25, 0.3) is 0 Å². The second-order valence-electron chi connectivity index (χ2n) is 4.60. The summed E-state index contributed by atoms with van der Waals surface area (Å²) in [5.74, 6) is -2.19. The van der Waals surface area contributed by atoms with Crippen LogP contribution in [-0.2, 0) is 12.8 Å². The molecule has 0 saturated heterocycles. The molecule has 4 nitrogen and oxygen atoms in total. The number of hydrogen-bond acceptors (Lipinski definition) is 4. The number of aryl methyl sites for hydroxylation is 2. The van der Waals surface area contributed by atoms with Gasteiger partial charge in [-0.25, -0.2) is 0 Å². The Morgan fingerprint density at radius 2 is 1.04 bits per heavy atom. The molecule has 0 atom stereocenters. The third-order valence-corrected chi connectivity index (χ3v) is 3.24. The monoisotopic (exact) mass is 338 g/mol. The first-order valence-electron chi connectivity index (χ1n) is 7.09. The molecule has 0 saturated carbocycles. The van der Waals surface area contributed by atoms with E-state index >= 15 is 0 Å². The third kappa shape index (κ3) is 6.73.